The molecule has 1 aliphatic rings. The maximum atomic E-state index is 8.62. The largest absolute Gasteiger partial charge is 0.394 e. The first kappa shape index (κ1) is 6.99. The van der Waals surface area contributed by atoms with Crippen LogP contribution in [-0.4, -0.2) is 24.0 Å². The van der Waals surface area contributed by atoms with E-state index in [1.165, 1.54) is 0 Å². The fourth-order valence-electron chi connectivity index (χ4n) is 1.08. The highest BCUT2D eigenvalue weighted by atomic mass is 16.5. The Morgan fingerprint density at radius 1 is 1.78 bits per heavy atom. The van der Waals surface area contributed by atoms with Gasteiger partial charge in [0, 0.05) is 0 Å². The van der Waals surface area contributed by atoms with E-state index in [9.17, 15) is 0 Å². The van der Waals surface area contributed by atoms with Gasteiger partial charge in [-0.1, -0.05) is 6.92 Å². The number of nitrogens with two attached hydrogens (primary N) is 1. The molecule has 1 fully saturated rings. The lowest BCUT2D eigenvalue weighted by atomic mass is 10.1. The summed E-state index contributed by atoms with van der Waals surface area (Å²) in [4.78, 5) is 0. The van der Waals surface area contributed by atoms with E-state index in [2.05, 4.69) is 0 Å². The molecule has 0 saturated carbocycles. The molecule has 0 aromatic heterocycles. The molecule has 2 unspecified atom stereocenters. The summed E-state index contributed by atoms with van der Waals surface area (Å²) in [5, 5.41) is 8.62. The van der Waals surface area contributed by atoms with Gasteiger partial charge in [-0.15, -0.1) is 0 Å². The first-order chi connectivity index (χ1) is 4.24. The van der Waals surface area contributed by atoms with Crippen LogP contribution in [-0.2, 0) is 4.74 Å². The van der Waals surface area contributed by atoms with Crippen molar-refractivity contribution < 1.29 is 9.84 Å². The van der Waals surface area contributed by atoms with Crippen LogP contribution >= 0.6 is 0 Å². The Morgan fingerprint density at radius 2 is 2.44 bits per heavy atom. The summed E-state index contributed by atoms with van der Waals surface area (Å²) in [7, 11) is 0. The van der Waals surface area contributed by atoms with E-state index < -0.39 is 0 Å². The zero-order valence-corrected chi connectivity index (χ0v) is 5.58. The predicted molar refractivity (Wildman–Crippen MR) is 33.7 cm³/mol. The molecule has 0 radical (unpaired) electrons. The second-order valence-corrected chi connectivity index (χ2v) is 2.62. The standard InChI is InChI=1S/C6H13NO2/c1-4-2-5(3-8)9-6(4)7/h4-6,8H,2-3,7H2,1H3/t4-,5?,6?/m0/s1. The van der Waals surface area contributed by atoms with Gasteiger partial charge < -0.3 is 15.6 Å². The molecule has 9 heavy (non-hydrogen) atoms. The van der Waals surface area contributed by atoms with Crippen molar-refractivity contribution in [2.75, 3.05) is 6.61 Å². The van der Waals surface area contributed by atoms with Gasteiger partial charge in [-0.25, -0.2) is 0 Å². The fourth-order valence-corrected chi connectivity index (χ4v) is 1.08. The lowest BCUT2D eigenvalue weighted by Crippen LogP contribution is -2.25. The molecule has 0 aromatic rings. The molecular formula is C6H13NO2. The minimum absolute atomic E-state index is 0.0185. The Balaban J connectivity index is 2.35. The summed E-state index contributed by atoms with van der Waals surface area (Å²) in [5.74, 6) is 0.391. The van der Waals surface area contributed by atoms with Gasteiger partial charge in [-0.05, 0) is 12.3 Å². The average molecular weight is 131 g/mol. The van der Waals surface area contributed by atoms with Gasteiger partial charge >= 0.3 is 0 Å². The predicted octanol–water partition coefficient (Wildman–Crippen LogP) is -0.312. The van der Waals surface area contributed by atoms with Gasteiger partial charge in [0.1, 0.15) is 6.23 Å². The van der Waals surface area contributed by atoms with E-state index >= 15 is 0 Å². The third kappa shape index (κ3) is 1.41. The van der Waals surface area contributed by atoms with Crippen molar-refractivity contribution in [1.82, 2.24) is 0 Å². The number of hydrogen-bond donors (Lipinski definition) is 2. The van der Waals surface area contributed by atoms with Crippen LogP contribution in [0, 0.1) is 5.92 Å². The van der Waals surface area contributed by atoms with Crippen LogP contribution in [0.15, 0.2) is 0 Å². The summed E-state index contributed by atoms with van der Waals surface area (Å²) in [6.07, 6.45) is 0.703. The molecule has 3 heteroatoms. The summed E-state index contributed by atoms with van der Waals surface area (Å²) in [5.41, 5.74) is 5.51. The molecule has 3 nitrogen and oxygen atoms in total. The molecule has 1 heterocycles. The van der Waals surface area contributed by atoms with Crippen molar-refractivity contribution in [3.63, 3.8) is 0 Å². The zero-order valence-electron chi connectivity index (χ0n) is 5.58. The molecule has 3 atom stereocenters. The molecule has 0 spiro atoms. The van der Waals surface area contributed by atoms with Crippen LogP contribution in [0.2, 0.25) is 0 Å². The minimum Gasteiger partial charge on any atom is -0.394 e. The molecular weight excluding hydrogens is 118 g/mol. The topological polar surface area (TPSA) is 55.5 Å². The summed E-state index contributed by atoms with van der Waals surface area (Å²) >= 11 is 0. The Hall–Kier alpha value is -0.120. The van der Waals surface area contributed by atoms with E-state index in [0.717, 1.165) is 6.42 Å². The number of aliphatic hydroxyl groups excluding tert-OH is 1. The van der Waals surface area contributed by atoms with Crippen molar-refractivity contribution in [3.05, 3.63) is 0 Å². The van der Waals surface area contributed by atoms with E-state index in [1.807, 2.05) is 6.92 Å². The Morgan fingerprint density at radius 3 is 2.67 bits per heavy atom. The lowest BCUT2D eigenvalue weighted by molar-refractivity contribution is 0.00941. The third-order valence-corrected chi connectivity index (χ3v) is 1.75. The maximum Gasteiger partial charge on any atom is 0.108 e. The van der Waals surface area contributed by atoms with Crippen molar-refractivity contribution in [2.45, 2.75) is 25.7 Å². The number of hydrogen-bond acceptors (Lipinski definition) is 3. The number of aliphatic hydroxyl groups is 1. The van der Waals surface area contributed by atoms with Crippen LogP contribution < -0.4 is 5.73 Å². The van der Waals surface area contributed by atoms with Crippen molar-refractivity contribution in [1.29, 1.82) is 0 Å². The number of rotatable bonds is 1. The van der Waals surface area contributed by atoms with Crippen molar-refractivity contribution in [2.24, 2.45) is 11.7 Å². The molecule has 1 rings (SSSR count). The first-order valence-electron chi connectivity index (χ1n) is 3.26. The Bertz CT molecular complexity index is 87.1. The molecule has 1 aliphatic heterocycles. The van der Waals surface area contributed by atoms with Crippen molar-refractivity contribution >= 4 is 0 Å². The van der Waals surface area contributed by atoms with Gasteiger partial charge in [0.2, 0.25) is 0 Å². The van der Waals surface area contributed by atoms with E-state index in [1.54, 1.807) is 0 Å². The molecule has 54 valence electrons. The molecule has 0 amide bonds. The van der Waals surface area contributed by atoms with E-state index in [0.29, 0.717) is 5.92 Å². The van der Waals surface area contributed by atoms with Gasteiger partial charge in [-0.2, -0.15) is 0 Å². The number of ether oxygens (including phenoxy) is 1. The van der Waals surface area contributed by atoms with Gasteiger partial charge in [0.25, 0.3) is 0 Å². The summed E-state index contributed by atoms with van der Waals surface area (Å²) < 4.78 is 5.15. The highest BCUT2D eigenvalue weighted by molar-refractivity contribution is 4.74. The van der Waals surface area contributed by atoms with Crippen LogP contribution in [0.1, 0.15) is 13.3 Å². The van der Waals surface area contributed by atoms with Crippen LogP contribution in [0.3, 0.4) is 0 Å². The van der Waals surface area contributed by atoms with Crippen LogP contribution in [0.4, 0.5) is 0 Å². The SMILES string of the molecule is C[C@H]1CC(CO)OC1N. The molecule has 0 aromatic carbocycles. The highest BCUT2D eigenvalue weighted by Crippen LogP contribution is 2.21. The van der Waals surface area contributed by atoms with E-state index in [-0.39, 0.29) is 18.9 Å². The second kappa shape index (κ2) is 2.64. The summed E-state index contributed by atoms with van der Waals surface area (Å²) in [6.45, 7) is 2.12. The van der Waals surface area contributed by atoms with Gasteiger partial charge in [0.05, 0.1) is 12.7 Å². The Kier molecular flexibility index (Phi) is 2.05. The highest BCUT2D eigenvalue weighted by Gasteiger charge is 2.28. The quantitative estimate of drug-likeness (QED) is 0.513. The second-order valence-electron chi connectivity index (χ2n) is 2.62. The zero-order chi connectivity index (χ0) is 6.85. The van der Waals surface area contributed by atoms with Gasteiger partial charge in [0.15, 0.2) is 0 Å². The first-order valence-corrected chi connectivity index (χ1v) is 3.26. The smallest absolute Gasteiger partial charge is 0.108 e. The molecule has 0 aliphatic carbocycles. The van der Waals surface area contributed by atoms with Crippen LogP contribution in [0.5, 0.6) is 0 Å². The fraction of sp³-hybridized carbons (Fsp3) is 1.00. The lowest BCUT2D eigenvalue weighted by Gasteiger charge is -2.06. The Labute approximate surface area is 54.8 Å². The molecule has 0 bridgehead atoms. The minimum atomic E-state index is -0.165. The van der Waals surface area contributed by atoms with Gasteiger partial charge in [-0.3, -0.25) is 0 Å². The average Bonchev–Trinajstić information content (AvgIpc) is 2.13. The van der Waals surface area contributed by atoms with Crippen molar-refractivity contribution in [3.8, 4) is 0 Å². The third-order valence-electron chi connectivity index (χ3n) is 1.75. The summed E-state index contributed by atoms with van der Waals surface area (Å²) in [6, 6.07) is 0. The van der Waals surface area contributed by atoms with Crippen LogP contribution in [0.25, 0.3) is 0 Å². The molecule has 3 N–H and O–H groups in total. The van der Waals surface area contributed by atoms with E-state index in [4.69, 9.17) is 15.6 Å². The molecule has 1 saturated heterocycles. The monoisotopic (exact) mass is 131 g/mol. The normalized spacial score (nSPS) is 43.7. The maximum absolute atomic E-state index is 8.62.